The normalized spacial score (nSPS) is 15.4. The third-order valence-electron chi connectivity index (χ3n) is 7.21. The molecule has 1 aliphatic heterocycles. The smallest absolute Gasteiger partial charge is 0.358 e. The zero-order valence-corrected chi connectivity index (χ0v) is 29.6. The van der Waals surface area contributed by atoms with Crippen molar-refractivity contribution >= 4 is 16.3 Å². The van der Waals surface area contributed by atoms with Gasteiger partial charge in [-0.05, 0) is 72.3 Å². The van der Waals surface area contributed by atoms with E-state index in [0.717, 1.165) is 25.7 Å². The van der Waals surface area contributed by atoms with E-state index in [1.54, 1.807) is 0 Å². The third-order valence-corrected chi connectivity index (χ3v) is 7.21. The summed E-state index contributed by atoms with van der Waals surface area (Å²) < 4.78 is 0. The van der Waals surface area contributed by atoms with E-state index >= 15 is 0 Å². The Kier molecular flexibility index (Phi) is 20.2. The number of hydrogen-bond acceptors (Lipinski definition) is 1. The molecular formula is C38H54NY. The molecule has 1 nitrogen and oxygen atoms in total. The van der Waals surface area contributed by atoms with Crippen LogP contribution in [0, 0.1) is 20.8 Å². The maximum absolute atomic E-state index is 3.94. The van der Waals surface area contributed by atoms with Gasteiger partial charge in [0.25, 0.3) is 0 Å². The fourth-order valence-corrected chi connectivity index (χ4v) is 5.33. The van der Waals surface area contributed by atoms with Gasteiger partial charge in [-0.3, -0.25) is 0 Å². The molecule has 3 aromatic rings. The van der Waals surface area contributed by atoms with Crippen LogP contribution >= 0.6 is 0 Å². The Morgan fingerprint density at radius 2 is 1.45 bits per heavy atom. The van der Waals surface area contributed by atoms with Crippen LogP contribution in [0.5, 0.6) is 0 Å². The van der Waals surface area contributed by atoms with E-state index in [-0.39, 0.29) is 40.1 Å². The second kappa shape index (κ2) is 21.1. The molecule has 0 N–H and O–H groups in total. The molecule has 2 heteroatoms. The molecule has 1 heterocycles. The summed E-state index contributed by atoms with van der Waals surface area (Å²) in [6, 6.07) is 23.5. The Hall–Kier alpha value is -1.67. The standard InChI is InChI=1S/C31H33N.3C2H6.CH3.Y/c1-3-4-8-23-14-15-26(21-23)24-16-18-25(19-17-24)29-11-6-12-30-27(9-5-13-31(29)30)22-28-10-7-20-32(28)2;3*1-2;;/h5-6,8-9,11-19,28H,1,3-4,7,10,20-22H2,2H3;3*1-2H3;1H3;/q-2;;;;-1;+3. The number of unbranched alkanes of at least 4 members (excludes halogenated alkanes) is 1. The minimum Gasteiger partial charge on any atom is -0.358 e. The van der Waals surface area contributed by atoms with Crippen molar-refractivity contribution in [3.8, 4) is 11.1 Å². The number of rotatable bonds is 7. The number of fused-ring (bicyclic) bond motifs is 1. The molecule has 0 saturated carbocycles. The molecule has 2 aliphatic rings. The van der Waals surface area contributed by atoms with Gasteiger partial charge in [0.2, 0.25) is 0 Å². The van der Waals surface area contributed by atoms with Crippen molar-refractivity contribution in [2.45, 2.75) is 86.1 Å². The minimum atomic E-state index is 0. The van der Waals surface area contributed by atoms with Crippen LogP contribution < -0.4 is 0 Å². The first-order valence-corrected chi connectivity index (χ1v) is 15.1. The van der Waals surface area contributed by atoms with E-state index in [1.807, 2.05) is 41.5 Å². The number of nitrogens with zero attached hydrogens (tertiary/aromatic N) is 1. The molecule has 214 valence electrons. The van der Waals surface area contributed by atoms with Gasteiger partial charge in [0.05, 0.1) is 0 Å². The molecule has 1 unspecified atom stereocenters. The summed E-state index contributed by atoms with van der Waals surface area (Å²) in [5, 5.41) is 2.77. The van der Waals surface area contributed by atoms with Gasteiger partial charge < -0.3 is 19.3 Å². The van der Waals surface area contributed by atoms with E-state index < -0.39 is 0 Å². The summed E-state index contributed by atoms with van der Waals surface area (Å²) in [6.45, 7) is 17.2. The fraction of sp³-hybridized carbons (Fsp3) is 0.395. The van der Waals surface area contributed by atoms with Crippen LogP contribution in [0.2, 0.25) is 0 Å². The zero-order chi connectivity index (χ0) is 27.9. The van der Waals surface area contributed by atoms with Crippen molar-refractivity contribution in [3.63, 3.8) is 0 Å². The van der Waals surface area contributed by atoms with Crippen LogP contribution in [0.15, 0.2) is 78.4 Å². The summed E-state index contributed by atoms with van der Waals surface area (Å²) in [7, 11) is 2.27. The van der Waals surface area contributed by atoms with E-state index in [0.29, 0.717) is 6.04 Å². The molecule has 3 aromatic carbocycles. The van der Waals surface area contributed by atoms with Crippen LogP contribution in [0.3, 0.4) is 0 Å². The third kappa shape index (κ3) is 10.0. The topological polar surface area (TPSA) is 3.24 Å². The monoisotopic (exact) mass is 613 g/mol. The summed E-state index contributed by atoms with van der Waals surface area (Å²) in [5.41, 5.74) is 8.26. The second-order valence-electron chi connectivity index (χ2n) is 9.33. The first-order chi connectivity index (χ1) is 18.7. The Bertz CT molecular complexity index is 1160. The molecule has 0 aromatic heterocycles. The quantitative estimate of drug-likeness (QED) is 0.240. The maximum Gasteiger partial charge on any atom is 3.00 e. The molecule has 0 amide bonds. The van der Waals surface area contributed by atoms with Gasteiger partial charge in [0, 0.05) is 6.04 Å². The molecule has 0 radical (unpaired) electrons. The maximum atomic E-state index is 3.94. The van der Waals surface area contributed by atoms with Crippen molar-refractivity contribution in [2.24, 2.45) is 0 Å². The van der Waals surface area contributed by atoms with Crippen molar-refractivity contribution < 1.29 is 32.7 Å². The van der Waals surface area contributed by atoms with Crippen LogP contribution in [-0.4, -0.2) is 24.5 Å². The van der Waals surface area contributed by atoms with Crippen molar-refractivity contribution in [3.05, 3.63) is 110 Å². The van der Waals surface area contributed by atoms with Gasteiger partial charge in [-0.1, -0.05) is 108 Å². The van der Waals surface area contributed by atoms with Crippen LogP contribution in [0.25, 0.3) is 27.5 Å². The average molecular weight is 614 g/mol. The molecule has 1 aliphatic carbocycles. The molecule has 1 atom stereocenters. The van der Waals surface area contributed by atoms with Crippen molar-refractivity contribution in [1.82, 2.24) is 4.90 Å². The summed E-state index contributed by atoms with van der Waals surface area (Å²) in [6.07, 6.45) is 13.7. The molecule has 0 spiro atoms. The Morgan fingerprint density at radius 3 is 2.08 bits per heavy atom. The molecule has 1 fully saturated rings. The van der Waals surface area contributed by atoms with Gasteiger partial charge in [0.1, 0.15) is 0 Å². The van der Waals surface area contributed by atoms with E-state index in [4.69, 9.17) is 0 Å². The van der Waals surface area contributed by atoms with Gasteiger partial charge in [0.15, 0.2) is 0 Å². The summed E-state index contributed by atoms with van der Waals surface area (Å²) >= 11 is 0. The van der Waals surface area contributed by atoms with Gasteiger partial charge in [-0.25, -0.2) is 18.1 Å². The SMILES string of the molecule is CC.CC.CC.[CH2-]CC[CH-]C1=CC=C(c2ccc(-c3cccc4c(CC5CCCN5C)cccc34)cc2)C1.[CH3-].[Y+3]. The van der Waals surface area contributed by atoms with Crippen LogP contribution in [0.1, 0.15) is 84.8 Å². The largest absolute Gasteiger partial charge is 3.00 e. The van der Waals surface area contributed by atoms with Gasteiger partial charge >= 0.3 is 32.7 Å². The number of hydrogen-bond donors (Lipinski definition) is 0. The van der Waals surface area contributed by atoms with Gasteiger partial charge in [-0.2, -0.15) is 6.42 Å². The Labute approximate surface area is 273 Å². The van der Waals surface area contributed by atoms with Crippen LogP contribution in [-0.2, 0) is 39.1 Å². The van der Waals surface area contributed by atoms with Crippen molar-refractivity contribution in [2.75, 3.05) is 13.6 Å². The number of likely N-dealkylation sites (N-methyl/N-ethyl adjacent to an activating group) is 1. The summed E-state index contributed by atoms with van der Waals surface area (Å²) in [4.78, 5) is 2.52. The first-order valence-electron chi connectivity index (χ1n) is 15.1. The van der Waals surface area contributed by atoms with E-state index in [9.17, 15) is 0 Å². The minimum absolute atomic E-state index is 0. The predicted molar refractivity (Wildman–Crippen MR) is 179 cm³/mol. The second-order valence-corrected chi connectivity index (χ2v) is 9.33. The van der Waals surface area contributed by atoms with E-state index in [2.05, 4.69) is 98.1 Å². The molecular weight excluding hydrogens is 559 g/mol. The molecule has 40 heavy (non-hydrogen) atoms. The molecule has 5 rings (SSSR count). The molecule has 1 saturated heterocycles. The number of benzene rings is 3. The van der Waals surface area contributed by atoms with Crippen LogP contribution in [0.4, 0.5) is 0 Å². The zero-order valence-electron chi connectivity index (χ0n) is 26.8. The Balaban J connectivity index is 0.00000179. The Morgan fingerprint density at radius 1 is 0.825 bits per heavy atom. The molecule has 0 bridgehead atoms. The van der Waals surface area contributed by atoms with E-state index in [1.165, 1.54) is 63.6 Å². The van der Waals surface area contributed by atoms with Crippen molar-refractivity contribution in [1.29, 1.82) is 0 Å². The average Bonchev–Trinajstić information content (AvgIpc) is 3.64. The number of allylic oxidation sites excluding steroid dienone is 4. The number of likely N-dealkylation sites (tertiary alicyclic amines) is 1. The summed E-state index contributed by atoms with van der Waals surface area (Å²) in [5.74, 6) is 0. The predicted octanol–water partition coefficient (Wildman–Crippen LogP) is 11.2. The first kappa shape index (κ1) is 38.3. The van der Waals surface area contributed by atoms with Gasteiger partial charge in [-0.15, -0.1) is 12.5 Å². The fourth-order valence-electron chi connectivity index (χ4n) is 5.33.